The van der Waals surface area contributed by atoms with Gasteiger partial charge in [0.1, 0.15) is 12.4 Å². The Morgan fingerprint density at radius 1 is 1.11 bits per heavy atom. The number of halogens is 1. The van der Waals surface area contributed by atoms with Gasteiger partial charge in [0.2, 0.25) is 0 Å². The van der Waals surface area contributed by atoms with Gasteiger partial charge in [-0.15, -0.1) is 0 Å². The zero-order valence-corrected chi connectivity index (χ0v) is 16.3. The molecule has 1 N–H and O–H groups in total. The van der Waals surface area contributed by atoms with Crippen molar-refractivity contribution >= 4 is 33.8 Å². The minimum Gasteiger partial charge on any atom is -0.488 e. The minimum atomic E-state index is -0.937. The molecule has 0 saturated carbocycles. The van der Waals surface area contributed by atoms with Crippen molar-refractivity contribution in [3.8, 4) is 5.75 Å². The molecular formula is C22H18BrNO3. The summed E-state index contributed by atoms with van der Waals surface area (Å²) in [4.78, 5) is 15.4. The number of carboxylic acids is 1. The number of aryl methyl sites for hydroxylation is 1. The first kappa shape index (κ1) is 18.9. The van der Waals surface area contributed by atoms with Gasteiger partial charge in [-0.25, -0.2) is 4.79 Å². The van der Waals surface area contributed by atoms with Crippen molar-refractivity contribution in [1.29, 1.82) is 0 Å². The van der Waals surface area contributed by atoms with Gasteiger partial charge in [0.15, 0.2) is 0 Å². The number of rotatable bonds is 6. The fourth-order valence-electron chi connectivity index (χ4n) is 2.47. The van der Waals surface area contributed by atoms with Gasteiger partial charge in [-0.05, 0) is 75.9 Å². The summed E-state index contributed by atoms with van der Waals surface area (Å²) < 4.78 is 6.65. The topological polar surface area (TPSA) is 58.9 Å². The van der Waals surface area contributed by atoms with Crippen molar-refractivity contribution in [2.24, 2.45) is 4.99 Å². The van der Waals surface area contributed by atoms with Crippen LogP contribution in [0.3, 0.4) is 0 Å². The second kappa shape index (κ2) is 8.64. The summed E-state index contributed by atoms with van der Waals surface area (Å²) >= 11 is 3.53. The van der Waals surface area contributed by atoms with Gasteiger partial charge in [-0.2, -0.15) is 0 Å². The second-order valence-corrected chi connectivity index (χ2v) is 6.88. The number of carbonyl (C=O) groups is 1. The molecule has 27 heavy (non-hydrogen) atoms. The van der Waals surface area contributed by atoms with E-state index in [-0.39, 0.29) is 5.56 Å². The molecule has 5 heteroatoms. The molecule has 0 aliphatic heterocycles. The van der Waals surface area contributed by atoms with Gasteiger partial charge >= 0.3 is 5.97 Å². The van der Waals surface area contributed by atoms with Crippen LogP contribution in [0, 0.1) is 6.92 Å². The zero-order valence-electron chi connectivity index (χ0n) is 14.7. The molecule has 0 aliphatic carbocycles. The number of aromatic carboxylic acids is 1. The van der Waals surface area contributed by atoms with Crippen molar-refractivity contribution < 1.29 is 14.6 Å². The predicted octanol–water partition coefficient (Wildman–Crippen LogP) is 5.79. The number of nitrogens with zero attached hydrogens (tertiary/aromatic N) is 1. The molecule has 0 unspecified atom stereocenters. The summed E-state index contributed by atoms with van der Waals surface area (Å²) in [7, 11) is 0. The number of para-hydroxylation sites is 1. The average molecular weight is 424 g/mol. The van der Waals surface area contributed by atoms with Crippen LogP contribution in [0.2, 0.25) is 0 Å². The number of hydrogen-bond donors (Lipinski definition) is 1. The maximum absolute atomic E-state index is 10.9. The maximum Gasteiger partial charge on any atom is 0.335 e. The third-order valence-corrected chi connectivity index (χ3v) is 4.64. The van der Waals surface area contributed by atoms with Crippen molar-refractivity contribution in [1.82, 2.24) is 0 Å². The third-order valence-electron chi connectivity index (χ3n) is 4.02. The summed E-state index contributed by atoms with van der Waals surface area (Å²) in [6.45, 7) is 2.39. The molecule has 0 atom stereocenters. The Labute approximate surface area is 166 Å². The molecule has 0 amide bonds. The van der Waals surface area contributed by atoms with Gasteiger partial charge in [0, 0.05) is 6.21 Å². The zero-order chi connectivity index (χ0) is 19.2. The molecule has 0 spiro atoms. The molecule has 3 rings (SSSR count). The summed E-state index contributed by atoms with van der Waals surface area (Å²) in [6, 6.07) is 20.4. The Bertz CT molecular complexity index is 981. The van der Waals surface area contributed by atoms with Crippen LogP contribution in [-0.4, -0.2) is 17.3 Å². The molecule has 4 nitrogen and oxygen atoms in total. The fourth-order valence-corrected chi connectivity index (χ4v) is 2.98. The lowest BCUT2D eigenvalue weighted by Gasteiger charge is -2.09. The van der Waals surface area contributed by atoms with Crippen LogP contribution >= 0.6 is 15.9 Å². The Morgan fingerprint density at radius 2 is 1.85 bits per heavy atom. The second-order valence-electron chi connectivity index (χ2n) is 6.03. The lowest BCUT2D eigenvalue weighted by atomic mass is 10.1. The highest BCUT2D eigenvalue weighted by molar-refractivity contribution is 9.10. The smallest absolute Gasteiger partial charge is 0.335 e. The van der Waals surface area contributed by atoms with E-state index < -0.39 is 5.97 Å². The SMILES string of the molecule is Cc1ccccc1N=Cc1ccc(OCc2ccc(C(=O)O)cc2)c(Br)c1. The Morgan fingerprint density at radius 3 is 2.52 bits per heavy atom. The average Bonchev–Trinajstić information content (AvgIpc) is 2.67. The fraction of sp³-hybridized carbons (Fsp3) is 0.0909. The Balaban J connectivity index is 1.66. The largest absolute Gasteiger partial charge is 0.488 e. The van der Waals surface area contributed by atoms with E-state index in [0.717, 1.165) is 26.9 Å². The quantitative estimate of drug-likeness (QED) is 0.510. The van der Waals surface area contributed by atoms with E-state index in [9.17, 15) is 4.79 Å². The summed E-state index contributed by atoms with van der Waals surface area (Å²) in [6.07, 6.45) is 1.82. The van der Waals surface area contributed by atoms with Crippen LogP contribution in [0.15, 0.2) is 76.2 Å². The minimum absolute atomic E-state index is 0.261. The molecule has 0 saturated heterocycles. The first-order valence-corrected chi connectivity index (χ1v) is 9.16. The summed E-state index contributed by atoms with van der Waals surface area (Å²) in [5.74, 6) is -0.224. The molecule has 136 valence electrons. The Kier molecular flexibility index (Phi) is 6.04. The monoisotopic (exact) mass is 423 g/mol. The van der Waals surface area contributed by atoms with Crippen LogP contribution in [0.5, 0.6) is 5.75 Å². The van der Waals surface area contributed by atoms with E-state index in [1.807, 2.05) is 55.6 Å². The molecule has 0 radical (unpaired) electrons. The first-order chi connectivity index (χ1) is 13.0. The number of benzene rings is 3. The van der Waals surface area contributed by atoms with Gasteiger partial charge in [-0.3, -0.25) is 4.99 Å². The third kappa shape index (κ3) is 5.05. The maximum atomic E-state index is 10.9. The number of hydrogen-bond acceptors (Lipinski definition) is 3. The van der Waals surface area contributed by atoms with E-state index >= 15 is 0 Å². The standard InChI is InChI=1S/C22H18BrNO3/c1-15-4-2-3-5-20(15)24-13-17-8-11-21(19(23)12-17)27-14-16-6-9-18(10-7-16)22(25)26/h2-13H,14H2,1H3,(H,25,26). The molecule has 0 bridgehead atoms. The summed E-state index contributed by atoms with van der Waals surface area (Å²) in [5.41, 5.74) is 4.19. The first-order valence-electron chi connectivity index (χ1n) is 8.37. The molecule has 0 aliphatic rings. The van der Waals surface area contributed by atoms with Crippen molar-refractivity contribution in [2.45, 2.75) is 13.5 Å². The van der Waals surface area contributed by atoms with E-state index in [0.29, 0.717) is 12.4 Å². The highest BCUT2D eigenvalue weighted by Crippen LogP contribution is 2.27. The number of ether oxygens (including phenoxy) is 1. The highest BCUT2D eigenvalue weighted by Gasteiger charge is 2.05. The van der Waals surface area contributed by atoms with Crippen LogP contribution < -0.4 is 4.74 Å². The van der Waals surface area contributed by atoms with Gasteiger partial charge < -0.3 is 9.84 Å². The molecule has 0 heterocycles. The lowest BCUT2D eigenvalue weighted by molar-refractivity contribution is 0.0697. The molecule has 0 aromatic heterocycles. The van der Waals surface area contributed by atoms with Gasteiger partial charge in [0.25, 0.3) is 0 Å². The molecule has 3 aromatic rings. The van der Waals surface area contributed by atoms with E-state index in [4.69, 9.17) is 9.84 Å². The van der Waals surface area contributed by atoms with Crippen LogP contribution in [0.4, 0.5) is 5.69 Å². The van der Waals surface area contributed by atoms with Crippen LogP contribution in [0.25, 0.3) is 0 Å². The van der Waals surface area contributed by atoms with Gasteiger partial charge in [-0.1, -0.05) is 30.3 Å². The van der Waals surface area contributed by atoms with E-state index in [1.54, 1.807) is 24.3 Å². The van der Waals surface area contributed by atoms with Crippen LogP contribution in [-0.2, 0) is 6.61 Å². The van der Waals surface area contributed by atoms with Crippen molar-refractivity contribution in [3.05, 3.63) is 93.5 Å². The molecular weight excluding hydrogens is 406 g/mol. The van der Waals surface area contributed by atoms with E-state index in [2.05, 4.69) is 20.9 Å². The van der Waals surface area contributed by atoms with Gasteiger partial charge in [0.05, 0.1) is 15.7 Å². The van der Waals surface area contributed by atoms with Crippen molar-refractivity contribution in [2.75, 3.05) is 0 Å². The normalized spacial score (nSPS) is 10.9. The summed E-state index contributed by atoms with van der Waals surface area (Å²) in [5, 5.41) is 8.93. The van der Waals surface area contributed by atoms with Crippen molar-refractivity contribution in [3.63, 3.8) is 0 Å². The van der Waals surface area contributed by atoms with E-state index in [1.165, 1.54) is 0 Å². The number of aliphatic imine (C=N–C) groups is 1. The molecule has 0 fully saturated rings. The predicted molar refractivity (Wildman–Crippen MR) is 110 cm³/mol. The lowest BCUT2D eigenvalue weighted by Crippen LogP contribution is -1.99. The van der Waals surface area contributed by atoms with Crippen LogP contribution in [0.1, 0.15) is 27.0 Å². The number of carboxylic acid groups (broad SMARTS) is 1. The molecule has 3 aromatic carbocycles. The Hall–Kier alpha value is -2.92. The highest BCUT2D eigenvalue weighted by atomic mass is 79.9.